The normalized spacial score (nSPS) is 9.75. The highest BCUT2D eigenvalue weighted by atomic mass is 32.2. The first-order chi connectivity index (χ1) is 5.70. The summed E-state index contributed by atoms with van der Waals surface area (Å²) in [6, 6.07) is 6.56. The van der Waals surface area contributed by atoms with Crippen LogP contribution in [0, 0.1) is 5.82 Å². The molecule has 0 saturated heterocycles. The van der Waals surface area contributed by atoms with Gasteiger partial charge in [-0.15, -0.1) is 11.8 Å². The molecule has 0 fully saturated rings. The van der Waals surface area contributed by atoms with Gasteiger partial charge in [-0.3, -0.25) is 0 Å². The number of rotatable bonds is 3. The topological polar surface area (TPSA) is 26.0 Å². The number of benzene rings is 1. The average molecular weight is 201 g/mol. The summed E-state index contributed by atoms with van der Waals surface area (Å²) < 4.78 is 12.9. The Morgan fingerprint density at radius 2 is 2.17 bits per heavy atom. The van der Waals surface area contributed by atoms with Crippen LogP contribution in [0.15, 0.2) is 29.2 Å². The second-order valence-corrected chi connectivity index (χ2v) is 3.73. The van der Waals surface area contributed by atoms with Gasteiger partial charge in [0.2, 0.25) is 0 Å². The van der Waals surface area contributed by atoms with E-state index in [1.165, 1.54) is 17.8 Å². The summed E-state index contributed by atoms with van der Waals surface area (Å²) in [6.45, 7) is 0. The molecule has 2 N–H and O–H groups in total. The van der Waals surface area contributed by atoms with E-state index >= 15 is 0 Å². The molecule has 0 aromatic heterocycles. The molecule has 0 radical (unpaired) electrons. The number of nitrogens with two attached hydrogens (primary N) is 1. The molecule has 64 valence electrons. The Balaban J connectivity index is 2.63. The lowest BCUT2D eigenvalue weighted by molar-refractivity contribution is 0.602. The van der Waals surface area contributed by atoms with Gasteiger partial charge in [-0.25, -0.2) is 4.39 Å². The van der Waals surface area contributed by atoms with Crippen LogP contribution < -0.4 is 5.73 Å². The Bertz CT molecular complexity index is 288. The van der Waals surface area contributed by atoms with Crippen LogP contribution in [-0.2, 0) is 0 Å². The number of thioether (sulfide) groups is 1. The molecule has 1 nitrogen and oxygen atoms in total. The van der Waals surface area contributed by atoms with Crippen LogP contribution in [0.5, 0.6) is 0 Å². The van der Waals surface area contributed by atoms with E-state index in [0.29, 0.717) is 15.6 Å². The molecule has 1 rings (SSSR count). The molecule has 0 unspecified atom stereocenters. The van der Waals surface area contributed by atoms with E-state index in [4.69, 9.17) is 5.73 Å². The third-order valence-corrected chi connectivity index (χ3v) is 2.63. The molecule has 0 heterocycles. The van der Waals surface area contributed by atoms with Crippen molar-refractivity contribution < 1.29 is 4.39 Å². The minimum atomic E-state index is -0.223. The van der Waals surface area contributed by atoms with E-state index in [1.807, 2.05) is 0 Å². The Morgan fingerprint density at radius 1 is 1.50 bits per heavy atom. The molecule has 0 bridgehead atoms. The lowest BCUT2D eigenvalue weighted by atomic mass is 10.3. The number of hydrogen-bond acceptors (Lipinski definition) is 2. The Hall–Kier alpha value is -0.610. The molecule has 0 aliphatic carbocycles. The van der Waals surface area contributed by atoms with Crippen molar-refractivity contribution in [1.82, 2.24) is 0 Å². The second-order valence-electron chi connectivity index (χ2n) is 2.19. The largest absolute Gasteiger partial charge is 0.393 e. The summed E-state index contributed by atoms with van der Waals surface area (Å²) in [5.41, 5.74) is 5.28. The number of hydrogen-bond donors (Lipinski definition) is 1. The van der Waals surface area contributed by atoms with Gasteiger partial charge in [-0.2, -0.15) is 0 Å². The van der Waals surface area contributed by atoms with Crippen LogP contribution >= 0.6 is 24.0 Å². The van der Waals surface area contributed by atoms with E-state index in [2.05, 4.69) is 12.2 Å². The summed E-state index contributed by atoms with van der Waals surface area (Å²) in [7, 11) is 0. The first-order valence-corrected chi connectivity index (χ1v) is 4.75. The molecule has 0 aliphatic rings. The molecular formula is C8H8FNS2. The summed E-state index contributed by atoms with van der Waals surface area (Å²) in [6.07, 6.45) is 0. The number of thiocarbonyl (C=S) groups is 1. The Morgan fingerprint density at radius 3 is 2.75 bits per heavy atom. The van der Waals surface area contributed by atoms with Gasteiger partial charge < -0.3 is 5.73 Å². The van der Waals surface area contributed by atoms with Crippen molar-refractivity contribution in [3.8, 4) is 0 Å². The molecule has 1 aromatic rings. The van der Waals surface area contributed by atoms with Crippen LogP contribution in [0.2, 0.25) is 0 Å². The molecular weight excluding hydrogens is 193 g/mol. The minimum absolute atomic E-state index is 0.223. The zero-order chi connectivity index (χ0) is 8.97. The monoisotopic (exact) mass is 201 g/mol. The van der Waals surface area contributed by atoms with Gasteiger partial charge in [0.05, 0.1) is 4.99 Å². The summed E-state index contributed by atoms with van der Waals surface area (Å²) in [5, 5.41) is 0. The van der Waals surface area contributed by atoms with Crippen LogP contribution in [-0.4, -0.2) is 10.7 Å². The van der Waals surface area contributed by atoms with E-state index < -0.39 is 0 Å². The lowest BCUT2D eigenvalue weighted by Crippen LogP contribution is -2.10. The van der Waals surface area contributed by atoms with Crippen molar-refractivity contribution in [3.63, 3.8) is 0 Å². The average Bonchev–Trinajstić information content (AvgIpc) is 2.03. The van der Waals surface area contributed by atoms with Crippen LogP contribution in [0.1, 0.15) is 0 Å². The van der Waals surface area contributed by atoms with Crippen molar-refractivity contribution in [2.75, 3.05) is 5.75 Å². The van der Waals surface area contributed by atoms with Gasteiger partial charge in [-0.05, 0) is 12.1 Å². The van der Waals surface area contributed by atoms with E-state index in [0.717, 1.165) is 0 Å². The zero-order valence-electron chi connectivity index (χ0n) is 6.29. The van der Waals surface area contributed by atoms with Gasteiger partial charge in [0.15, 0.2) is 0 Å². The molecule has 0 aliphatic heterocycles. The fourth-order valence-electron chi connectivity index (χ4n) is 0.711. The third-order valence-electron chi connectivity index (χ3n) is 1.21. The molecule has 0 amide bonds. The fourth-order valence-corrected chi connectivity index (χ4v) is 1.57. The second kappa shape index (κ2) is 4.42. The van der Waals surface area contributed by atoms with Crippen molar-refractivity contribution >= 4 is 29.0 Å². The van der Waals surface area contributed by atoms with Gasteiger partial charge in [-0.1, -0.05) is 24.4 Å². The van der Waals surface area contributed by atoms with Crippen molar-refractivity contribution in [2.45, 2.75) is 4.90 Å². The van der Waals surface area contributed by atoms with Crippen LogP contribution in [0.4, 0.5) is 4.39 Å². The maximum absolute atomic E-state index is 12.9. The quantitative estimate of drug-likeness (QED) is 0.600. The van der Waals surface area contributed by atoms with Gasteiger partial charge in [0, 0.05) is 10.6 Å². The SMILES string of the molecule is NC(=S)CSc1ccccc1F. The molecule has 0 saturated carbocycles. The fraction of sp³-hybridized carbons (Fsp3) is 0.125. The first kappa shape index (κ1) is 9.48. The molecule has 1 aromatic carbocycles. The highest BCUT2D eigenvalue weighted by Gasteiger charge is 2.00. The lowest BCUT2D eigenvalue weighted by Gasteiger charge is -2.00. The van der Waals surface area contributed by atoms with Gasteiger partial charge >= 0.3 is 0 Å². The van der Waals surface area contributed by atoms with Crippen molar-refractivity contribution in [1.29, 1.82) is 0 Å². The van der Waals surface area contributed by atoms with Gasteiger partial charge in [0.1, 0.15) is 5.82 Å². The van der Waals surface area contributed by atoms with E-state index in [1.54, 1.807) is 18.2 Å². The molecule has 0 atom stereocenters. The highest BCUT2D eigenvalue weighted by Crippen LogP contribution is 2.20. The summed E-state index contributed by atoms with van der Waals surface area (Å²) in [4.78, 5) is 0.980. The van der Waals surface area contributed by atoms with E-state index in [-0.39, 0.29) is 5.82 Å². The Labute approximate surface area is 80.1 Å². The predicted molar refractivity (Wildman–Crippen MR) is 53.9 cm³/mol. The smallest absolute Gasteiger partial charge is 0.136 e. The van der Waals surface area contributed by atoms with Crippen LogP contribution in [0.3, 0.4) is 0 Å². The zero-order valence-corrected chi connectivity index (χ0v) is 7.92. The first-order valence-electron chi connectivity index (χ1n) is 3.36. The van der Waals surface area contributed by atoms with Crippen molar-refractivity contribution in [3.05, 3.63) is 30.1 Å². The maximum Gasteiger partial charge on any atom is 0.136 e. The minimum Gasteiger partial charge on any atom is -0.393 e. The number of halogens is 1. The Kier molecular flexibility index (Phi) is 3.49. The highest BCUT2D eigenvalue weighted by molar-refractivity contribution is 8.01. The summed E-state index contributed by atoms with van der Waals surface area (Å²) in [5.74, 6) is 0.259. The molecule has 4 heteroatoms. The summed E-state index contributed by atoms with van der Waals surface area (Å²) >= 11 is 5.99. The predicted octanol–water partition coefficient (Wildman–Crippen LogP) is 2.20. The van der Waals surface area contributed by atoms with E-state index in [9.17, 15) is 4.39 Å². The standard InChI is InChI=1S/C8H8FNS2/c9-6-3-1-2-4-7(6)12-5-8(10)11/h1-4H,5H2,(H2,10,11). The van der Waals surface area contributed by atoms with Gasteiger partial charge in [0.25, 0.3) is 0 Å². The third kappa shape index (κ3) is 2.79. The van der Waals surface area contributed by atoms with Crippen LogP contribution in [0.25, 0.3) is 0 Å². The molecule has 0 spiro atoms. The van der Waals surface area contributed by atoms with Crippen molar-refractivity contribution in [2.24, 2.45) is 5.73 Å². The molecule has 12 heavy (non-hydrogen) atoms. The maximum atomic E-state index is 12.9.